The fourth-order valence-corrected chi connectivity index (χ4v) is 5.46. The van der Waals surface area contributed by atoms with Gasteiger partial charge in [0.15, 0.2) is 18.2 Å². The van der Waals surface area contributed by atoms with Gasteiger partial charge in [-0.25, -0.2) is 8.78 Å². The van der Waals surface area contributed by atoms with Crippen LogP contribution in [0.1, 0.15) is 23.5 Å². The fraction of sp³-hybridized carbons (Fsp3) is 0.321. The maximum atomic E-state index is 14.8. The first kappa shape index (κ1) is 22.5. The summed E-state index contributed by atoms with van der Waals surface area (Å²) in [6, 6.07) is 24.1. The van der Waals surface area contributed by atoms with Crippen LogP contribution in [-0.4, -0.2) is 48.0 Å². The molecule has 2 aliphatic heterocycles. The molecule has 0 N–H and O–H groups in total. The van der Waals surface area contributed by atoms with Crippen LogP contribution in [-0.2, 0) is 11.3 Å². The van der Waals surface area contributed by atoms with Crippen LogP contribution < -0.4 is 4.74 Å². The van der Waals surface area contributed by atoms with Gasteiger partial charge in [0.25, 0.3) is 5.91 Å². The highest BCUT2D eigenvalue weighted by atomic mass is 19.2. The number of hydrogen-bond acceptors (Lipinski definition) is 3. The van der Waals surface area contributed by atoms with Gasteiger partial charge in [-0.15, -0.1) is 0 Å². The molecule has 3 aromatic carbocycles. The summed E-state index contributed by atoms with van der Waals surface area (Å²) in [6.07, 6.45) is 0.794. The first-order valence-corrected chi connectivity index (χ1v) is 11.8. The average Bonchev–Trinajstić information content (AvgIpc) is 3.22. The molecule has 2 fully saturated rings. The van der Waals surface area contributed by atoms with E-state index < -0.39 is 11.6 Å². The molecule has 0 unspecified atom stereocenters. The topological polar surface area (TPSA) is 32.8 Å². The Balaban J connectivity index is 1.35. The second kappa shape index (κ2) is 9.94. The minimum atomic E-state index is -0.824. The van der Waals surface area contributed by atoms with E-state index in [1.165, 1.54) is 5.56 Å². The molecule has 0 aromatic heterocycles. The Morgan fingerprint density at radius 2 is 1.65 bits per heavy atom. The summed E-state index contributed by atoms with van der Waals surface area (Å²) in [5.74, 6) is -1.19. The number of likely N-dealkylation sites (tertiary alicyclic amines) is 2. The number of nitrogens with zero attached hydrogens (tertiary/aromatic N) is 2. The van der Waals surface area contributed by atoms with E-state index in [0.717, 1.165) is 19.0 Å². The summed E-state index contributed by atoms with van der Waals surface area (Å²) in [5.41, 5.74) is 1.59. The van der Waals surface area contributed by atoms with Gasteiger partial charge >= 0.3 is 0 Å². The highest BCUT2D eigenvalue weighted by Crippen LogP contribution is 2.43. The maximum absolute atomic E-state index is 14.8. The normalized spacial score (nSPS) is 22.4. The molecule has 0 radical (unpaired) electrons. The second-order valence-corrected chi connectivity index (χ2v) is 9.13. The van der Waals surface area contributed by atoms with Crippen molar-refractivity contribution in [3.63, 3.8) is 0 Å². The van der Waals surface area contributed by atoms with Crippen LogP contribution in [0.2, 0.25) is 0 Å². The fourth-order valence-electron chi connectivity index (χ4n) is 5.46. The SMILES string of the molecule is O=C(COc1ccccc1)N1CC[C@H]2[C@@H](C1)[C@H](c1cccc(F)c1F)CN2Cc1ccccc1. The number of piperidine rings is 1. The lowest BCUT2D eigenvalue weighted by atomic mass is 9.81. The van der Waals surface area contributed by atoms with Gasteiger partial charge in [0.05, 0.1) is 0 Å². The number of para-hydroxylation sites is 1. The number of carbonyl (C=O) groups is 1. The molecule has 0 spiro atoms. The molecule has 1 amide bonds. The van der Waals surface area contributed by atoms with Gasteiger partial charge in [-0.1, -0.05) is 60.7 Å². The third-order valence-electron chi connectivity index (χ3n) is 7.10. The Labute approximate surface area is 198 Å². The standard InChI is InChI=1S/C28H28F2N2O2/c29-25-13-7-12-22(28(25)30)23-17-32(16-20-8-3-1-4-9-20)26-14-15-31(18-24(23)26)27(33)19-34-21-10-5-2-6-11-21/h1-13,23-24,26H,14-19H2/t23-,24-,26-/m0/s1. The number of amides is 1. The van der Waals surface area contributed by atoms with Crippen molar-refractivity contribution in [2.45, 2.75) is 24.9 Å². The van der Waals surface area contributed by atoms with Gasteiger partial charge in [0.1, 0.15) is 5.75 Å². The van der Waals surface area contributed by atoms with E-state index in [1.54, 1.807) is 12.1 Å². The molecule has 5 rings (SSSR count). The molecule has 2 saturated heterocycles. The highest BCUT2D eigenvalue weighted by Gasteiger charge is 2.46. The Morgan fingerprint density at radius 1 is 0.912 bits per heavy atom. The van der Waals surface area contributed by atoms with Gasteiger partial charge in [-0.3, -0.25) is 9.69 Å². The van der Waals surface area contributed by atoms with Gasteiger partial charge in [0, 0.05) is 44.1 Å². The monoisotopic (exact) mass is 462 g/mol. The molecule has 2 aliphatic rings. The largest absolute Gasteiger partial charge is 0.484 e. The highest BCUT2D eigenvalue weighted by molar-refractivity contribution is 5.78. The van der Waals surface area contributed by atoms with Crippen molar-refractivity contribution in [2.24, 2.45) is 5.92 Å². The second-order valence-electron chi connectivity index (χ2n) is 9.13. The third-order valence-corrected chi connectivity index (χ3v) is 7.10. The summed E-state index contributed by atoms with van der Waals surface area (Å²) in [5, 5.41) is 0. The zero-order valence-corrected chi connectivity index (χ0v) is 18.9. The zero-order valence-electron chi connectivity index (χ0n) is 18.9. The number of benzene rings is 3. The summed E-state index contributed by atoms with van der Waals surface area (Å²) < 4.78 is 34.6. The predicted molar refractivity (Wildman–Crippen MR) is 126 cm³/mol. The maximum Gasteiger partial charge on any atom is 0.260 e. The molecule has 0 aliphatic carbocycles. The first-order chi connectivity index (χ1) is 16.6. The summed E-state index contributed by atoms with van der Waals surface area (Å²) >= 11 is 0. The minimum Gasteiger partial charge on any atom is -0.484 e. The Bertz CT molecular complexity index is 1130. The number of fused-ring (bicyclic) bond motifs is 1. The quantitative estimate of drug-likeness (QED) is 0.525. The van der Waals surface area contributed by atoms with Crippen LogP contribution in [0.5, 0.6) is 5.75 Å². The summed E-state index contributed by atoms with van der Waals surface area (Å²) in [6.45, 7) is 2.48. The summed E-state index contributed by atoms with van der Waals surface area (Å²) in [4.78, 5) is 17.1. The molecule has 3 aromatic rings. The zero-order chi connectivity index (χ0) is 23.5. The van der Waals surface area contributed by atoms with Gasteiger partial charge < -0.3 is 9.64 Å². The van der Waals surface area contributed by atoms with Crippen LogP contribution in [0.4, 0.5) is 8.78 Å². The third kappa shape index (κ3) is 4.68. The van der Waals surface area contributed by atoms with Gasteiger partial charge in [-0.2, -0.15) is 0 Å². The molecule has 3 atom stereocenters. The van der Waals surface area contributed by atoms with Crippen molar-refractivity contribution in [1.29, 1.82) is 0 Å². The number of rotatable bonds is 6. The van der Waals surface area contributed by atoms with Crippen LogP contribution in [0.25, 0.3) is 0 Å². The Kier molecular flexibility index (Phi) is 6.59. The van der Waals surface area contributed by atoms with E-state index in [9.17, 15) is 13.6 Å². The van der Waals surface area contributed by atoms with Crippen molar-refractivity contribution in [2.75, 3.05) is 26.2 Å². The lowest BCUT2D eigenvalue weighted by Crippen LogP contribution is -2.49. The molecular formula is C28H28F2N2O2. The van der Waals surface area contributed by atoms with Crippen LogP contribution >= 0.6 is 0 Å². The van der Waals surface area contributed by atoms with Crippen molar-refractivity contribution in [1.82, 2.24) is 9.80 Å². The molecule has 2 heterocycles. The molecule has 176 valence electrons. The van der Waals surface area contributed by atoms with Crippen molar-refractivity contribution < 1.29 is 18.3 Å². The molecular weight excluding hydrogens is 434 g/mol. The van der Waals surface area contributed by atoms with Gasteiger partial charge in [-0.05, 0) is 35.7 Å². The summed E-state index contributed by atoms with van der Waals surface area (Å²) in [7, 11) is 0. The molecule has 34 heavy (non-hydrogen) atoms. The first-order valence-electron chi connectivity index (χ1n) is 11.8. The van der Waals surface area contributed by atoms with Crippen molar-refractivity contribution in [3.8, 4) is 5.75 Å². The minimum absolute atomic E-state index is 0.0226. The van der Waals surface area contributed by atoms with Crippen LogP contribution in [0.15, 0.2) is 78.9 Å². The van der Waals surface area contributed by atoms with Crippen LogP contribution in [0, 0.1) is 17.6 Å². The predicted octanol–water partition coefficient (Wildman–Crippen LogP) is 4.86. The van der Waals surface area contributed by atoms with Gasteiger partial charge in [0.2, 0.25) is 0 Å². The number of carbonyl (C=O) groups excluding carboxylic acids is 1. The molecule has 6 heteroatoms. The van der Waals surface area contributed by atoms with E-state index in [1.807, 2.05) is 53.4 Å². The van der Waals surface area contributed by atoms with E-state index in [4.69, 9.17) is 4.74 Å². The van der Waals surface area contributed by atoms with E-state index in [0.29, 0.717) is 30.9 Å². The lowest BCUT2D eigenvalue weighted by Gasteiger charge is -2.39. The van der Waals surface area contributed by atoms with E-state index in [-0.39, 0.29) is 30.4 Å². The molecule has 0 saturated carbocycles. The number of hydrogen-bond donors (Lipinski definition) is 0. The van der Waals surface area contributed by atoms with E-state index in [2.05, 4.69) is 17.0 Å². The number of ether oxygens (including phenoxy) is 1. The Morgan fingerprint density at radius 3 is 2.41 bits per heavy atom. The molecule has 0 bridgehead atoms. The Hall–Kier alpha value is -3.25. The van der Waals surface area contributed by atoms with Crippen molar-refractivity contribution in [3.05, 3.63) is 102 Å². The number of halogens is 2. The van der Waals surface area contributed by atoms with Crippen molar-refractivity contribution >= 4 is 5.91 Å². The van der Waals surface area contributed by atoms with E-state index >= 15 is 0 Å². The average molecular weight is 463 g/mol. The van der Waals surface area contributed by atoms with Crippen LogP contribution in [0.3, 0.4) is 0 Å². The lowest BCUT2D eigenvalue weighted by molar-refractivity contribution is -0.135. The molecule has 4 nitrogen and oxygen atoms in total. The smallest absolute Gasteiger partial charge is 0.260 e.